The van der Waals surface area contributed by atoms with Crippen molar-refractivity contribution >= 4 is 0 Å². The van der Waals surface area contributed by atoms with Crippen LogP contribution in [0.5, 0.6) is 5.75 Å². The van der Waals surface area contributed by atoms with E-state index in [9.17, 15) is 10.2 Å². The SMILES string of the molecule is COc1cc(C)cc(C(O)[C@@H]2[C@@]3(C)CCCC(C)(C)C3CC[C@@]2(C)O)c1. The number of fused-ring (bicyclic) bond motifs is 1. The first-order chi connectivity index (χ1) is 12.0. The first kappa shape index (κ1) is 19.7. The van der Waals surface area contributed by atoms with E-state index in [0.717, 1.165) is 42.6 Å². The van der Waals surface area contributed by atoms with Crippen molar-refractivity contribution in [2.45, 2.75) is 78.4 Å². The fourth-order valence-electron chi connectivity index (χ4n) is 6.52. The monoisotopic (exact) mass is 360 g/mol. The highest BCUT2D eigenvalue weighted by molar-refractivity contribution is 5.36. The third-order valence-corrected chi connectivity index (χ3v) is 7.56. The van der Waals surface area contributed by atoms with Crippen LogP contribution in [0.1, 0.15) is 77.0 Å². The van der Waals surface area contributed by atoms with Crippen LogP contribution in [-0.4, -0.2) is 22.9 Å². The maximum Gasteiger partial charge on any atom is 0.119 e. The molecular weight excluding hydrogens is 324 g/mol. The molecule has 0 saturated heterocycles. The molecule has 3 rings (SSSR count). The number of rotatable bonds is 3. The molecule has 5 atom stereocenters. The van der Waals surface area contributed by atoms with Crippen molar-refractivity contribution < 1.29 is 14.9 Å². The molecule has 1 aromatic rings. The zero-order chi connectivity index (χ0) is 19.3. The average molecular weight is 361 g/mol. The van der Waals surface area contributed by atoms with Gasteiger partial charge in [-0.2, -0.15) is 0 Å². The van der Waals surface area contributed by atoms with E-state index in [4.69, 9.17) is 4.74 Å². The molecule has 1 aromatic carbocycles. The summed E-state index contributed by atoms with van der Waals surface area (Å²) in [6.07, 6.45) is 4.56. The summed E-state index contributed by atoms with van der Waals surface area (Å²) >= 11 is 0. The Morgan fingerprint density at radius 3 is 2.42 bits per heavy atom. The number of benzene rings is 1. The summed E-state index contributed by atoms with van der Waals surface area (Å²) in [5.74, 6) is 1.11. The summed E-state index contributed by atoms with van der Waals surface area (Å²) in [5.41, 5.74) is 1.25. The highest BCUT2D eigenvalue weighted by Crippen LogP contribution is 2.64. The summed E-state index contributed by atoms with van der Waals surface area (Å²) < 4.78 is 5.42. The predicted molar refractivity (Wildman–Crippen MR) is 105 cm³/mol. The fourth-order valence-corrected chi connectivity index (χ4v) is 6.52. The summed E-state index contributed by atoms with van der Waals surface area (Å²) in [7, 11) is 1.66. The highest BCUT2D eigenvalue weighted by atomic mass is 16.5. The minimum atomic E-state index is -0.866. The molecule has 0 spiro atoms. The second kappa shape index (κ2) is 6.53. The van der Waals surface area contributed by atoms with Crippen LogP contribution in [0.15, 0.2) is 18.2 Å². The zero-order valence-corrected chi connectivity index (χ0v) is 17.3. The van der Waals surface area contributed by atoms with E-state index >= 15 is 0 Å². The maximum absolute atomic E-state index is 11.5. The topological polar surface area (TPSA) is 49.7 Å². The normalized spacial score (nSPS) is 37.7. The fraction of sp³-hybridized carbons (Fsp3) is 0.739. The van der Waals surface area contributed by atoms with Crippen molar-refractivity contribution in [1.82, 2.24) is 0 Å². The molecule has 2 fully saturated rings. The molecule has 0 bridgehead atoms. The van der Waals surface area contributed by atoms with Gasteiger partial charge in [-0.05, 0) is 79.5 Å². The summed E-state index contributed by atoms with van der Waals surface area (Å²) in [6.45, 7) is 11.0. The largest absolute Gasteiger partial charge is 0.497 e. The molecule has 3 nitrogen and oxygen atoms in total. The van der Waals surface area contributed by atoms with E-state index < -0.39 is 11.7 Å². The second-order valence-corrected chi connectivity index (χ2v) is 10.0. The lowest BCUT2D eigenvalue weighted by Crippen LogP contribution is -2.59. The van der Waals surface area contributed by atoms with Gasteiger partial charge in [0.15, 0.2) is 0 Å². The number of aliphatic hydroxyl groups excluding tert-OH is 1. The molecule has 0 amide bonds. The van der Waals surface area contributed by atoms with Crippen molar-refractivity contribution in [1.29, 1.82) is 0 Å². The molecule has 2 saturated carbocycles. The quantitative estimate of drug-likeness (QED) is 0.795. The third-order valence-electron chi connectivity index (χ3n) is 7.56. The molecule has 2 N–H and O–H groups in total. The van der Waals surface area contributed by atoms with Crippen molar-refractivity contribution in [3.05, 3.63) is 29.3 Å². The van der Waals surface area contributed by atoms with Gasteiger partial charge in [-0.15, -0.1) is 0 Å². The predicted octanol–water partition coefficient (Wildman–Crippen LogP) is 5.03. The molecule has 146 valence electrons. The Kier molecular flexibility index (Phi) is 4.94. The Morgan fingerprint density at radius 1 is 1.08 bits per heavy atom. The molecule has 0 radical (unpaired) electrons. The smallest absolute Gasteiger partial charge is 0.119 e. The molecule has 0 aliphatic heterocycles. The van der Waals surface area contributed by atoms with Gasteiger partial charge < -0.3 is 14.9 Å². The van der Waals surface area contributed by atoms with Gasteiger partial charge in [0.1, 0.15) is 5.75 Å². The van der Waals surface area contributed by atoms with Crippen LogP contribution in [0.4, 0.5) is 0 Å². The van der Waals surface area contributed by atoms with E-state index in [1.807, 2.05) is 32.0 Å². The van der Waals surface area contributed by atoms with E-state index in [-0.39, 0.29) is 16.7 Å². The van der Waals surface area contributed by atoms with Crippen LogP contribution < -0.4 is 4.74 Å². The molecule has 0 aromatic heterocycles. The van der Waals surface area contributed by atoms with Gasteiger partial charge in [-0.25, -0.2) is 0 Å². The Labute approximate surface area is 158 Å². The standard InChI is InChI=1S/C23H36O3/c1-15-12-16(14-17(13-15)26-6)19(24)20-22(4)10-7-9-21(2,3)18(22)8-11-23(20,5)25/h12-14,18-20,24-25H,7-11H2,1-6H3/t18?,19?,20-,22+,23-/m1/s1. The number of hydrogen-bond acceptors (Lipinski definition) is 3. The van der Waals surface area contributed by atoms with Crippen LogP contribution in [0.3, 0.4) is 0 Å². The molecule has 0 heterocycles. The molecule has 26 heavy (non-hydrogen) atoms. The van der Waals surface area contributed by atoms with Gasteiger partial charge in [0.25, 0.3) is 0 Å². The lowest BCUT2D eigenvalue weighted by molar-refractivity contribution is -0.201. The number of hydrogen-bond donors (Lipinski definition) is 2. The molecule has 2 aliphatic carbocycles. The van der Waals surface area contributed by atoms with Crippen molar-refractivity contribution in [2.75, 3.05) is 7.11 Å². The molecule has 2 unspecified atom stereocenters. The lowest BCUT2D eigenvalue weighted by atomic mass is 9.44. The van der Waals surface area contributed by atoms with E-state index in [1.165, 1.54) is 6.42 Å². The first-order valence-electron chi connectivity index (χ1n) is 10.1. The lowest BCUT2D eigenvalue weighted by Gasteiger charge is -2.62. The van der Waals surface area contributed by atoms with Gasteiger partial charge in [0.2, 0.25) is 0 Å². The Hall–Kier alpha value is -1.06. The van der Waals surface area contributed by atoms with E-state index in [2.05, 4.69) is 20.8 Å². The minimum Gasteiger partial charge on any atom is -0.497 e. The van der Waals surface area contributed by atoms with Gasteiger partial charge in [-0.3, -0.25) is 0 Å². The molecular formula is C23H36O3. The summed E-state index contributed by atoms with van der Waals surface area (Å²) in [5, 5.41) is 22.8. The highest BCUT2D eigenvalue weighted by Gasteiger charge is 2.60. The van der Waals surface area contributed by atoms with Crippen molar-refractivity contribution in [3.8, 4) is 5.75 Å². The van der Waals surface area contributed by atoms with Crippen LogP contribution in [-0.2, 0) is 0 Å². The van der Waals surface area contributed by atoms with Gasteiger partial charge in [0, 0.05) is 5.92 Å². The summed E-state index contributed by atoms with van der Waals surface area (Å²) in [6, 6.07) is 5.93. The Bertz CT molecular complexity index is 663. The van der Waals surface area contributed by atoms with Gasteiger partial charge in [0.05, 0.1) is 18.8 Å². The third kappa shape index (κ3) is 3.18. The summed E-state index contributed by atoms with van der Waals surface area (Å²) in [4.78, 5) is 0. The van der Waals surface area contributed by atoms with Crippen LogP contribution in [0, 0.1) is 29.6 Å². The van der Waals surface area contributed by atoms with Gasteiger partial charge in [-0.1, -0.05) is 33.3 Å². The molecule has 3 heteroatoms. The minimum absolute atomic E-state index is 0.0695. The van der Waals surface area contributed by atoms with Crippen LogP contribution >= 0.6 is 0 Å². The number of aryl methyl sites for hydroxylation is 1. The Morgan fingerprint density at radius 2 is 1.77 bits per heavy atom. The Balaban J connectivity index is 2.06. The van der Waals surface area contributed by atoms with Crippen molar-refractivity contribution in [2.24, 2.45) is 22.7 Å². The molecule has 2 aliphatic rings. The van der Waals surface area contributed by atoms with Crippen LogP contribution in [0.2, 0.25) is 0 Å². The average Bonchev–Trinajstić information content (AvgIpc) is 2.51. The first-order valence-corrected chi connectivity index (χ1v) is 10.1. The van der Waals surface area contributed by atoms with Crippen LogP contribution in [0.25, 0.3) is 0 Å². The second-order valence-electron chi connectivity index (χ2n) is 10.0. The number of ether oxygens (including phenoxy) is 1. The zero-order valence-electron chi connectivity index (χ0n) is 17.3. The van der Waals surface area contributed by atoms with E-state index in [1.54, 1.807) is 7.11 Å². The number of aliphatic hydroxyl groups is 2. The number of methoxy groups -OCH3 is 1. The van der Waals surface area contributed by atoms with Crippen molar-refractivity contribution in [3.63, 3.8) is 0 Å². The maximum atomic E-state index is 11.5. The van der Waals surface area contributed by atoms with E-state index in [0.29, 0.717) is 5.92 Å². The van der Waals surface area contributed by atoms with Gasteiger partial charge >= 0.3 is 0 Å².